The van der Waals surface area contributed by atoms with Crippen LogP contribution in [0.3, 0.4) is 0 Å². The van der Waals surface area contributed by atoms with E-state index in [9.17, 15) is 4.79 Å². The van der Waals surface area contributed by atoms with Crippen LogP contribution in [0.1, 0.15) is 45.6 Å². The molecule has 0 fully saturated rings. The highest BCUT2D eigenvalue weighted by Gasteiger charge is 2.06. The third-order valence-corrected chi connectivity index (χ3v) is 2.75. The van der Waals surface area contributed by atoms with Gasteiger partial charge < -0.3 is 14.2 Å². The molecule has 0 aromatic heterocycles. The van der Waals surface area contributed by atoms with Gasteiger partial charge in [-0.3, -0.25) is 0 Å². The van der Waals surface area contributed by atoms with E-state index in [1.54, 1.807) is 6.08 Å². The van der Waals surface area contributed by atoms with Crippen LogP contribution in [0.25, 0.3) is 6.08 Å². The van der Waals surface area contributed by atoms with Crippen LogP contribution in [-0.4, -0.2) is 25.8 Å². The number of carbonyl (C=O) groups is 1. The predicted molar refractivity (Wildman–Crippen MR) is 88.3 cm³/mol. The molecule has 0 amide bonds. The summed E-state index contributed by atoms with van der Waals surface area (Å²) in [7, 11) is 0. The van der Waals surface area contributed by atoms with Crippen LogP contribution in [0, 0.1) is 0 Å². The van der Waals surface area contributed by atoms with Crippen LogP contribution >= 0.6 is 0 Å². The average Bonchev–Trinajstić information content (AvgIpc) is 2.54. The minimum absolute atomic E-state index is 0.329. The van der Waals surface area contributed by atoms with Crippen LogP contribution in [0.15, 0.2) is 24.3 Å². The van der Waals surface area contributed by atoms with Crippen LogP contribution in [0.5, 0.6) is 11.5 Å². The largest absolute Gasteiger partial charge is 0.490 e. The molecule has 1 aromatic rings. The lowest BCUT2D eigenvalue weighted by Gasteiger charge is -2.12. The van der Waals surface area contributed by atoms with Crippen molar-refractivity contribution in [2.75, 3.05) is 19.8 Å². The zero-order valence-corrected chi connectivity index (χ0v) is 13.8. The molecule has 4 heteroatoms. The molecule has 0 atom stereocenters. The van der Waals surface area contributed by atoms with Gasteiger partial charge in [-0.05, 0) is 43.0 Å². The number of hydrogen-bond acceptors (Lipinski definition) is 4. The number of benzene rings is 1. The van der Waals surface area contributed by atoms with Gasteiger partial charge in [0.05, 0.1) is 19.8 Å². The molecule has 0 aliphatic rings. The van der Waals surface area contributed by atoms with Gasteiger partial charge in [0, 0.05) is 6.08 Å². The summed E-state index contributed by atoms with van der Waals surface area (Å²) in [4.78, 5) is 11.5. The van der Waals surface area contributed by atoms with E-state index in [0.717, 1.165) is 30.6 Å². The SMILES string of the molecule is CCCOC(=O)C=Cc1ccc(OCCC)c(OCCC)c1. The van der Waals surface area contributed by atoms with Crippen molar-refractivity contribution in [1.82, 2.24) is 0 Å². The van der Waals surface area contributed by atoms with Crippen molar-refractivity contribution >= 4 is 12.0 Å². The highest BCUT2D eigenvalue weighted by molar-refractivity contribution is 5.87. The third kappa shape index (κ3) is 6.66. The fourth-order valence-electron chi connectivity index (χ4n) is 1.70. The highest BCUT2D eigenvalue weighted by atomic mass is 16.5. The second-order valence-electron chi connectivity index (χ2n) is 4.90. The van der Waals surface area contributed by atoms with Gasteiger partial charge in [0.15, 0.2) is 11.5 Å². The maximum Gasteiger partial charge on any atom is 0.330 e. The lowest BCUT2D eigenvalue weighted by molar-refractivity contribution is -0.137. The minimum Gasteiger partial charge on any atom is -0.490 e. The van der Waals surface area contributed by atoms with Gasteiger partial charge in [-0.1, -0.05) is 26.8 Å². The first-order chi connectivity index (χ1) is 10.7. The fraction of sp³-hybridized carbons (Fsp3) is 0.500. The van der Waals surface area contributed by atoms with Crippen molar-refractivity contribution in [3.05, 3.63) is 29.8 Å². The van der Waals surface area contributed by atoms with E-state index < -0.39 is 0 Å². The van der Waals surface area contributed by atoms with E-state index in [1.165, 1.54) is 6.08 Å². The summed E-state index contributed by atoms with van der Waals surface area (Å²) in [6, 6.07) is 5.65. The molecule has 0 aliphatic heterocycles. The van der Waals surface area contributed by atoms with Gasteiger partial charge in [-0.25, -0.2) is 4.79 Å². The summed E-state index contributed by atoms with van der Waals surface area (Å²) in [5.74, 6) is 1.12. The molecule has 1 aromatic carbocycles. The quantitative estimate of drug-likeness (QED) is 0.479. The lowest BCUT2D eigenvalue weighted by Crippen LogP contribution is -2.02. The Bertz CT molecular complexity index is 480. The van der Waals surface area contributed by atoms with Gasteiger partial charge in [0.2, 0.25) is 0 Å². The first kappa shape index (κ1) is 18.1. The molecule has 0 unspecified atom stereocenters. The fourth-order valence-corrected chi connectivity index (χ4v) is 1.70. The van der Waals surface area contributed by atoms with Crippen LogP contribution < -0.4 is 9.47 Å². The Morgan fingerprint density at radius 3 is 2.23 bits per heavy atom. The van der Waals surface area contributed by atoms with Gasteiger partial charge in [0.1, 0.15) is 0 Å². The number of carbonyl (C=O) groups excluding carboxylic acids is 1. The third-order valence-electron chi connectivity index (χ3n) is 2.75. The van der Waals surface area contributed by atoms with E-state index in [1.807, 2.05) is 25.1 Å². The molecule has 4 nitrogen and oxygen atoms in total. The van der Waals surface area contributed by atoms with E-state index >= 15 is 0 Å². The van der Waals surface area contributed by atoms with E-state index in [4.69, 9.17) is 14.2 Å². The smallest absolute Gasteiger partial charge is 0.330 e. The van der Waals surface area contributed by atoms with Crippen molar-refractivity contribution in [1.29, 1.82) is 0 Å². The Balaban J connectivity index is 2.78. The second kappa shape index (κ2) is 10.7. The van der Waals surface area contributed by atoms with Crippen molar-refractivity contribution in [2.45, 2.75) is 40.0 Å². The van der Waals surface area contributed by atoms with Crippen molar-refractivity contribution in [2.24, 2.45) is 0 Å². The maximum absolute atomic E-state index is 11.5. The summed E-state index contributed by atoms with van der Waals surface area (Å²) in [5, 5.41) is 0. The molecule has 0 heterocycles. The van der Waals surface area contributed by atoms with Crippen LogP contribution in [-0.2, 0) is 9.53 Å². The molecular formula is C18H26O4. The predicted octanol–water partition coefficient (Wildman–Crippen LogP) is 4.23. The molecule has 0 radical (unpaired) electrons. The average molecular weight is 306 g/mol. The zero-order chi connectivity index (χ0) is 16.2. The standard InChI is InChI=1S/C18H26O4/c1-4-11-20-16-9-7-15(14-17(16)21-12-5-2)8-10-18(19)22-13-6-3/h7-10,14H,4-6,11-13H2,1-3H3. The molecule has 0 aliphatic carbocycles. The van der Waals surface area contributed by atoms with Gasteiger partial charge in [0.25, 0.3) is 0 Å². The Morgan fingerprint density at radius 2 is 1.59 bits per heavy atom. The lowest BCUT2D eigenvalue weighted by atomic mass is 10.2. The summed E-state index contributed by atoms with van der Waals surface area (Å²) in [6.45, 7) is 7.81. The minimum atomic E-state index is -0.329. The summed E-state index contributed by atoms with van der Waals surface area (Å²) < 4.78 is 16.4. The van der Waals surface area contributed by atoms with Crippen molar-refractivity contribution in [3.63, 3.8) is 0 Å². The van der Waals surface area contributed by atoms with Gasteiger partial charge >= 0.3 is 5.97 Å². The second-order valence-corrected chi connectivity index (χ2v) is 4.90. The van der Waals surface area contributed by atoms with E-state index in [0.29, 0.717) is 25.6 Å². The Morgan fingerprint density at radius 1 is 0.955 bits per heavy atom. The molecule has 1 rings (SSSR count). The molecule has 0 N–H and O–H groups in total. The highest BCUT2D eigenvalue weighted by Crippen LogP contribution is 2.29. The molecule has 122 valence electrons. The number of rotatable bonds is 10. The van der Waals surface area contributed by atoms with Crippen LogP contribution in [0.2, 0.25) is 0 Å². The maximum atomic E-state index is 11.5. The summed E-state index contributed by atoms with van der Waals surface area (Å²) in [6.07, 6.45) is 5.84. The topological polar surface area (TPSA) is 44.8 Å². The molecular weight excluding hydrogens is 280 g/mol. The van der Waals surface area contributed by atoms with E-state index in [-0.39, 0.29) is 5.97 Å². The summed E-state index contributed by atoms with van der Waals surface area (Å²) in [5.41, 5.74) is 0.878. The number of esters is 1. The summed E-state index contributed by atoms with van der Waals surface area (Å²) >= 11 is 0. The monoisotopic (exact) mass is 306 g/mol. The number of hydrogen-bond donors (Lipinski definition) is 0. The normalized spacial score (nSPS) is 10.7. The first-order valence-corrected chi connectivity index (χ1v) is 7.95. The Kier molecular flexibility index (Phi) is 8.80. The zero-order valence-electron chi connectivity index (χ0n) is 13.8. The van der Waals surface area contributed by atoms with Crippen LogP contribution in [0.4, 0.5) is 0 Å². The molecule has 0 bridgehead atoms. The first-order valence-electron chi connectivity index (χ1n) is 7.95. The molecule has 0 spiro atoms. The van der Waals surface area contributed by atoms with Gasteiger partial charge in [-0.2, -0.15) is 0 Å². The van der Waals surface area contributed by atoms with Crippen molar-refractivity contribution in [3.8, 4) is 11.5 Å². The molecule has 0 saturated carbocycles. The molecule has 0 saturated heterocycles. The van der Waals surface area contributed by atoms with Gasteiger partial charge in [-0.15, -0.1) is 0 Å². The van der Waals surface area contributed by atoms with Crippen molar-refractivity contribution < 1.29 is 19.0 Å². The molecule has 22 heavy (non-hydrogen) atoms. The Labute approximate surface area is 133 Å². The van der Waals surface area contributed by atoms with E-state index in [2.05, 4.69) is 13.8 Å². The Hall–Kier alpha value is -1.97. The number of ether oxygens (including phenoxy) is 3.